The molecular weight excluding hydrogens is 246 g/mol. The van der Waals surface area contributed by atoms with Crippen LogP contribution in [0.4, 0.5) is 0 Å². The third-order valence-corrected chi connectivity index (χ3v) is 3.18. The first-order valence-electron chi connectivity index (χ1n) is 5.63. The van der Waals surface area contributed by atoms with E-state index in [2.05, 4.69) is 23.2 Å². The first-order valence-corrected chi connectivity index (χ1v) is 6.00. The van der Waals surface area contributed by atoms with E-state index >= 15 is 0 Å². The summed E-state index contributed by atoms with van der Waals surface area (Å²) in [7, 11) is 0. The molecule has 0 saturated carbocycles. The van der Waals surface area contributed by atoms with Gasteiger partial charge in [-0.15, -0.1) is 0 Å². The first-order chi connectivity index (χ1) is 8.75. The largest absolute Gasteiger partial charge is 0.351 e. The number of H-pyrrole nitrogens is 1. The summed E-state index contributed by atoms with van der Waals surface area (Å²) in [6, 6.07) is 17.8. The standard InChI is InChI=1S/C15H10ClNO/c16-15(18)14-9-8-13(17-14)12-7-3-5-10-4-1-2-6-11(10)12/h1-9,17H. The minimum atomic E-state index is -0.471. The molecule has 3 aromatic rings. The maximum Gasteiger partial charge on any atom is 0.268 e. The quantitative estimate of drug-likeness (QED) is 0.684. The van der Waals surface area contributed by atoms with Gasteiger partial charge in [-0.2, -0.15) is 0 Å². The van der Waals surface area contributed by atoms with Gasteiger partial charge in [-0.1, -0.05) is 42.5 Å². The molecule has 0 bridgehead atoms. The van der Waals surface area contributed by atoms with E-state index in [1.54, 1.807) is 6.07 Å². The van der Waals surface area contributed by atoms with E-state index in [-0.39, 0.29) is 0 Å². The van der Waals surface area contributed by atoms with Crippen LogP contribution < -0.4 is 0 Å². The van der Waals surface area contributed by atoms with Gasteiger partial charge < -0.3 is 4.98 Å². The minimum Gasteiger partial charge on any atom is -0.351 e. The molecule has 0 aliphatic carbocycles. The molecule has 0 saturated heterocycles. The Morgan fingerprint density at radius 1 is 0.944 bits per heavy atom. The number of carbonyl (C=O) groups excluding carboxylic acids is 1. The third-order valence-electron chi connectivity index (χ3n) is 2.98. The van der Waals surface area contributed by atoms with Gasteiger partial charge >= 0.3 is 0 Å². The predicted octanol–water partition coefficient (Wildman–Crippen LogP) is 4.21. The van der Waals surface area contributed by atoms with E-state index in [0.29, 0.717) is 5.69 Å². The summed E-state index contributed by atoms with van der Waals surface area (Å²) in [5.74, 6) is 0. The fourth-order valence-corrected chi connectivity index (χ4v) is 2.24. The molecule has 1 N–H and O–H groups in total. The average molecular weight is 256 g/mol. The van der Waals surface area contributed by atoms with Crippen LogP contribution in [0.2, 0.25) is 0 Å². The number of hydrogen-bond acceptors (Lipinski definition) is 1. The third kappa shape index (κ3) is 1.81. The Labute approximate surface area is 109 Å². The zero-order valence-corrected chi connectivity index (χ0v) is 10.2. The highest BCUT2D eigenvalue weighted by molar-refractivity contribution is 6.67. The molecule has 0 fully saturated rings. The average Bonchev–Trinajstić information content (AvgIpc) is 2.87. The lowest BCUT2D eigenvalue weighted by Gasteiger charge is -2.04. The van der Waals surface area contributed by atoms with Crippen molar-refractivity contribution in [3.63, 3.8) is 0 Å². The number of aromatic amines is 1. The van der Waals surface area contributed by atoms with E-state index in [1.165, 1.54) is 5.39 Å². The molecular formula is C15H10ClNO. The Kier molecular flexibility index (Phi) is 2.65. The number of fused-ring (bicyclic) bond motifs is 1. The summed E-state index contributed by atoms with van der Waals surface area (Å²) in [5.41, 5.74) is 2.38. The molecule has 3 rings (SSSR count). The Morgan fingerprint density at radius 3 is 2.50 bits per heavy atom. The fraction of sp³-hybridized carbons (Fsp3) is 0. The normalized spacial score (nSPS) is 10.7. The van der Waals surface area contributed by atoms with Crippen molar-refractivity contribution in [2.24, 2.45) is 0 Å². The molecule has 0 atom stereocenters. The monoisotopic (exact) mass is 255 g/mol. The molecule has 0 amide bonds. The Hall–Kier alpha value is -2.06. The van der Waals surface area contributed by atoms with Crippen LogP contribution in [0.25, 0.3) is 22.0 Å². The van der Waals surface area contributed by atoms with Crippen LogP contribution in [0.1, 0.15) is 10.5 Å². The van der Waals surface area contributed by atoms with E-state index < -0.39 is 5.24 Å². The van der Waals surface area contributed by atoms with Gasteiger partial charge in [0.15, 0.2) is 0 Å². The van der Waals surface area contributed by atoms with E-state index in [9.17, 15) is 4.79 Å². The second kappa shape index (κ2) is 4.31. The van der Waals surface area contributed by atoms with Crippen molar-refractivity contribution in [3.05, 3.63) is 60.3 Å². The fourth-order valence-electron chi connectivity index (χ4n) is 2.13. The molecule has 18 heavy (non-hydrogen) atoms. The Morgan fingerprint density at radius 2 is 1.72 bits per heavy atom. The van der Waals surface area contributed by atoms with Crippen molar-refractivity contribution in [2.45, 2.75) is 0 Å². The van der Waals surface area contributed by atoms with Crippen molar-refractivity contribution >= 4 is 27.6 Å². The molecule has 1 heterocycles. The van der Waals surface area contributed by atoms with E-state index in [4.69, 9.17) is 11.6 Å². The van der Waals surface area contributed by atoms with E-state index in [0.717, 1.165) is 16.6 Å². The van der Waals surface area contributed by atoms with Gasteiger partial charge in [-0.05, 0) is 34.5 Å². The van der Waals surface area contributed by atoms with Crippen LogP contribution in [0.15, 0.2) is 54.6 Å². The molecule has 88 valence electrons. The SMILES string of the molecule is O=C(Cl)c1ccc(-c2cccc3ccccc23)[nH]1. The van der Waals surface area contributed by atoms with Crippen molar-refractivity contribution in [2.75, 3.05) is 0 Å². The van der Waals surface area contributed by atoms with Gasteiger partial charge in [-0.3, -0.25) is 4.79 Å². The van der Waals surface area contributed by atoms with Crippen molar-refractivity contribution in [1.29, 1.82) is 0 Å². The van der Waals surface area contributed by atoms with Crippen LogP contribution >= 0.6 is 11.6 Å². The van der Waals surface area contributed by atoms with E-state index in [1.807, 2.05) is 30.3 Å². The minimum absolute atomic E-state index is 0.416. The number of halogens is 1. The second-order valence-corrected chi connectivity index (χ2v) is 4.43. The van der Waals surface area contributed by atoms with Crippen molar-refractivity contribution in [3.8, 4) is 11.3 Å². The summed E-state index contributed by atoms with van der Waals surface area (Å²) in [5, 5.41) is 1.85. The van der Waals surface area contributed by atoms with Crippen molar-refractivity contribution < 1.29 is 4.79 Å². The number of benzene rings is 2. The maximum atomic E-state index is 11.1. The topological polar surface area (TPSA) is 32.9 Å². The lowest BCUT2D eigenvalue weighted by atomic mass is 10.0. The van der Waals surface area contributed by atoms with Crippen LogP contribution in [-0.2, 0) is 0 Å². The summed E-state index contributed by atoms with van der Waals surface area (Å²) < 4.78 is 0. The Bertz CT molecular complexity index is 725. The summed E-state index contributed by atoms with van der Waals surface area (Å²) in [6.45, 7) is 0. The number of hydrogen-bond donors (Lipinski definition) is 1. The molecule has 0 aliphatic rings. The molecule has 2 nitrogen and oxygen atoms in total. The smallest absolute Gasteiger partial charge is 0.268 e. The summed E-state index contributed by atoms with van der Waals surface area (Å²) >= 11 is 5.45. The van der Waals surface area contributed by atoms with Gasteiger partial charge in [0, 0.05) is 11.3 Å². The molecule has 2 aromatic carbocycles. The molecule has 0 spiro atoms. The highest BCUT2D eigenvalue weighted by Gasteiger charge is 2.08. The summed E-state index contributed by atoms with van der Waals surface area (Å²) in [4.78, 5) is 14.1. The van der Waals surface area contributed by atoms with Gasteiger partial charge in [0.1, 0.15) is 0 Å². The lowest BCUT2D eigenvalue weighted by molar-refractivity contribution is 0.107. The highest BCUT2D eigenvalue weighted by atomic mass is 35.5. The second-order valence-electron chi connectivity index (χ2n) is 4.09. The highest BCUT2D eigenvalue weighted by Crippen LogP contribution is 2.28. The molecule has 1 aromatic heterocycles. The number of aromatic nitrogens is 1. The van der Waals surface area contributed by atoms with Crippen LogP contribution in [0.3, 0.4) is 0 Å². The van der Waals surface area contributed by atoms with Gasteiger partial charge in [0.25, 0.3) is 5.24 Å². The Balaban J connectivity index is 2.21. The van der Waals surface area contributed by atoms with Gasteiger partial charge in [0.05, 0.1) is 5.69 Å². The number of rotatable bonds is 2. The molecule has 3 heteroatoms. The number of nitrogens with one attached hydrogen (secondary N) is 1. The summed E-state index contributed by atoms with van der Waals surface area (Å²) in [6.07, 6.45) is 0. The van der Waals surface area contributed by atoms with Crippen molar-refractivity contribution in [1.82, 2.24) is 4.98 Å². The zero-order valence-electron chi connectivity index (χ0n) is 9.48. The predicted molar refractivity (Wildman–Crippen MR) is 73.9 cm³/mol. The zero-order chi connectivity index (χ0) is 12.5. The maximum absolute atomic E-state index is 11.1. The van der Waals surface area contributed by atoms with Crippen LogP contribution in [0, 0.1) is 0 Å². The lowest BCUT2D eigenvalue weighted by Crippen LogP contribution is -1.88. The molecule has 0 unspecified atom stereocenters. The molecule has 0 radical (unpaired) electrons. The first kappa shape index (κ1) is 11.1. The molecule has 0 aliphatic heterocycles. The van der Waals surface area contributed by atoms with Crippen LogP contribution in [0.5, 0.6) is 0 Å². The van der Waals surface area contributed by atoms with Gasteiger partial charge in [-0.25, -0.2) is 0 Å². The van der Waals surface area contributed by atoms with Crippen LogP contribution in [-0.4, -0.2) is 10.2 Å². The van der Waals surface area contributed by atoms with Gasteiger partial charge in [0.2, 0.25) is 0 Å². The number of carbonyl (C=O) groups is 1.